The van der Waals surface area contributed by atoms with Gasteiger partial charge in [0.1, 0.15) is 0 Å². The fourth-order valence-electron chi connectivity index (χ4n) is 3.34. The first-order chi connectivity index (χ1) is 7.90. The van der Waals surface area contributed by atoms with Gasteiger partial charge in [0.25, 0.3) is 0 Å². The van der Waals surface area contributed by atoms with Gasteiger partial charge in [0.05, 0.1) is 0 Å². The highest BCUT2D eigenvalue weighted by atomic mass is 15.2. The summed E-state index contributed by atoms with van der Waals surface area (Å²) in [6, 6.07) is 0.894. The predicted molar refractivity (Wildman–Crippen MR) is 69.7 cm³/mol. The summed E-state index contributed by atoms with van der Waals surface area (Å²) in [4.78, 5) is 2.76. The number of rotatable bonds is 4. The van der Waals surface area contributed by atoms with Gasteiger partial charge in [-0.15, -0.1) is 0 Å². The summed E-state index contributed by atoms with van der Waals surface area (Å²) in [5.41, 5.74) is 0. The van der Waals surface area contributed by atoms with E-state index in [0.717, 1.165) is 12.0 Å². The van der Waals surface area contributed by atoms with E-state index in [-0.39, 0.29) is 0 Å². The topological polar surface area (TPSA) is 15.3 Å². The molecule has 2 aliphatic heterocycles. The van der Waals surface area contributed by atoms with Gasteiger partial charge in [0.2, 0.25) is 0 Å². The zero-order valence-corrected chi connectivity index (χ0v) is 10.9. The summed E-state index contributed by atoms with van der Waals surface area (Å²) in [5, 5.41) is 3.53. The van der Waals surface area contributed by atoms with Gasteiger partial charge < -0.3 is 10.2 Å². The van der Waals surface area contributed by atoms with Crippen LogP contribution in [0.4, 0.5) is 0 Å². The van der Waals surface area contributed by atoms with Crippen molar-refractivity contribution in [2.24, 2.45) is 5.92 Å². The molecular formula is C14H28N2. The van der Waals surface area contributed by atoms with Crippen LogP contribution in [0.2, 0.25) is 0 Å². The lowest BCUT2D eigenvalue weighted by molar-refractivity contribution is 0.131. The Labute approximate surface area is 101 Å². The van der Waals surface area contributed by atoms with Crippen molar-refractivity contribution in [3.05, 3.63) is 0 Å². The van der Waals surface area contributed by atoms with Gasteiger partial charge in [0, 0.05) is 6.04 Å². The highest BCUT2D eigenvalue weighted by Gasteiger charge is 2.21. The van der Waals surface area contributed by atoms with Gasteiger partial charge >= 0.3 is 0 Å². The first-order valence-corrected chi connectivity index (χ1v) is 7.35. The van der Waals surface area contributed by atoms with Crippen LogP contribution in [0.1, 0.15) is 51.9 Å². The standard InChI is InChI=1S/C14H28N2/c1-2-14-7-3-4-10-16(14)11-8-13-6-5-9-15-12-13/h13-15H,2-12H2,1H3/t13-,14+/m0/s1. The molecule has 2 atom stereocenters. The van der Waals surface area contributed by atoms with Crippen molar-refractivity contribution in [3.8, 4) is 0 Å². The highest BCUT2D eigenvalue weighted by molar-refractivity contribution is 4.77. The largest absolute Gasteiger partial charge is 0.316 e. The monoisotopic (exact) mass is 224 g/mol. The van der Waals surface area contributed by atoms with E-state index in [1.54, 1.807) is 0 Å². The summed E-state index contributed by atoms with van der Waals surface area (Å²) < 4.78 is 0. The van der Waals surface area contributed by atoms with Crippen LogP contribution in [0.15, 0.2) is 0 Å². The van der Waals surface area contributed by atoms with Gasteiger partial charge in [-0.05, 0) is 70.6 Å². The first kappa shape index (κ1) is 12.4. The molecule has 0 radical (unpaired) electrons. The number of likely N-dealkylation sites (tertiary alicyclic amines) is 1. The van der Waals surface area contributed by atoms with Gasteiger partial charge in [0.15, 0.2) is 0 Å². The lowest BCUT2D eigenvalue weighted by atomic mass is 9.94. The summed E-state index contributed by atoms with van der Waals surface area (Å²) in [7, 11) is 0. The van der Waals surface area contributed by atoms with E-state index in [9.17, 15) is 0 Å². The fourth-order valence-corrected chi connectivity index (χ4v) is 3.34. The highest BCUT2D eigenvalue weighted by Crippen LogP contribution is 2.22. The van der Waals surface area contributed by atoms with E-state index < -0.39 is 0 Å². The third kappa shape index (κ3) is 3.46. The lowest BCUT2D eigenvalue weighted by Crippen LogP contribution is -2.41. The quantitative estimate of drug-likeness (QED) is 0.790. The van der Waals surface area contributed by atoms with Crippen LogP contribution in [0.5, 0.6) is 0 Å². The maximum absolute atomic E-state index is 3.53. The molecule has 94 valence electrons. The van der Waals surface area contributed by atoms with E-state index in [1.807, 2.05) is 0 Å². The minimum Gasteiger partial charge on any atom is -0.316 e. The van der Waals surface area contributed by atoms with Crippen LogP contribution in [-0.4, -0.2) is 37.1 Å². The second kappa shape index (κ2) is 6.61. The Morgan fingerprint density at radius 1 is 1.19 bits per heavy atom. The van der Waals surface area contributed by atoms with Crippen LogP contribution in [0.25, 0.3) is 0 Å². The molecular weight excluding hydrogens is 196 g/mol. The number of nitrogens with one attached hydrogen (secondary N) is 1. The molecule has 0 aromatic carbocycles. The number of hydrogen-bond donors (Lipinski definition) is 1. The Hall–Kier alpha value is -0.0800. The minimum atomic E-state index is 0.894. The van der Waals surface area contributed by atoms with E-state index in [1.165, 1.54) is 71.1 Å². The zero-order valence-electron chi connectivity index (χ0n) is 10.9. The van der Waals surface area contributed by atoms with E-state index in [2.05, 4.69) is 17.1 Å². The predicted octanol–water partition coefficient (Wildman–Crippen LogP) is 2.64. The Kier molecular flexibility index (Phi) is 5.11. The number of hydrogen-bond acceptors (Lipinski definition) is 2. The second-order valence-electron chi connectivity index (χ2n) is 5.59. The summed E-state index contributed by atoms with van der Waals surface area (Å²) >= 11 is 0. The summed E-state index contributed by atoms with van der Waals surface area (Å²) in [6.07, 6.45) is 9.95. The minimum absolute atomic E-state index is 0.894. The van der Waals surface area contributed by atoms with Crippen molar-refractivity contribution in [1.29, 1.82) is 0 Å². The van der Waals surface area contributed by atoms with Gasteiger partial charge in [-0.3, -0.25) is 0 Å². The van der Waals surface area contributed by atoms with E-state index >= 15 is 0 Å². The van der Waals surface area contributed by atoms with Gasteiger partial charge in [-0.2, -0.15) is 0 Å². The summed E-state index contributed by atoms with van der Waals surface area (Å²) in [5.74, 6) is 0.952. The second-order valence-corrected chi connectivity index (χ2v) is 5.59. The molecule has 0 spiro atoms. The number of nitrogens with zero attached hydrogens (tertiary/aromatic N) is 1. The zero-order chi connectivity index (χ0) is 11.2. The molecule has 2 heteroatoms. The third-order valence-corrected chi connectivity index (χ3v) is 4.44. The van der Waals surface area contributed by atoms with Crippen molar-refractivity contribution in [2.75, 3.05) is 26.2 Å². The van der Waals surface area contributed by atoms with Crippen molar-refractivity contribution in [3.63, 3.8) is 0 Å². The Balaban J connectivity index is 1.70. The first-order valence-electron chi connectivity index (χ1n) is 7.35. The molecule has 0 bridgehead atoms. The molecule has 0 unspecified atom stereocenters. The average Bonchev–Trinajstić information content (AvgIpc) is 2.38. The van der Waals surface area contributed by atoms with Crippen molar-refractivity contribution in [2.45, 2.75) is 57.9 Å². The normalized spacial score (nSPS) is 32.8. The molecule has 0 aromatic rings. The molecule has 0 amide bonds. The molecule has 2 rings (SSSR count). The smallest absolute Gasteiger partial charge is 0.00926 e. The van der Waals surface area contributed by atoms with Gasteiger partial charge in [-0.25, -0.2) is 0 Å². The van der Waals surface area contributed by atoms with Crippen molar-refractivity contribution in [1.82, 2.24) is 10.2 Å². The fraction of sp³-hybridized carbons (Fsp3) is 1.00. The average molecular weight is 224 g/mol. The van der Waals surface area contributed by atoms with Crippen LogP contribution in [0.3, 0.4) is 0 Å². The Bertz CT molecular complexity index is 187. The molecule has 0 aromatic heterocycles. The van der Waals surface area contributed by atoms with Crippen molar-refractivity contribution < 1.29 is 0 Å². The van der Waals surface area contributed by atoms with E-state index in [4.69, 9.17) is 0 Å². The molecule has 2 nitrogen and oxygen atoms in total. The van der Waals surface area contributed by atoms with E-state index in [0.29, 0.717) is 0 Å². The van der Waals surface area contributed by atoms with Crippen LogP contribution in [0, 0.1) is 5.92 Å². The molecule has 2 aliphatic rings. The third-order valence-electron chi connectivity index (χ3n) is 4.44. The lowest BCUT2D eigenvalue weighted by Gasteiger charge is -2.36. The molecule has 2 heterocycles. The van der Waals surface area contributed by atoms with Gasteiger partial charge in [-0.1, -0.05) is 13.3 Å². The van der Waals surface area contributed by atoms with Crippen LogP contribution in [-0.2, 0) is 0 Å². The maximum atomic E-state index is 3.53. The summed E-state index contributed by atoms with van der Waals surface area (Å²) in [6.45, 7) is 7.58. The molecule has 0 aliphatic carbocycles. The molecule has 2 fully saturated rings. The van der Waals surface area contributed by atoms with Crippen LogP contribution < -0.4 is 5.32 Å². The molecule has 0 saturated carbocycles. The van der Waals surface area contributed by atoms with Crippen LogP contribution >= 0.6 is 0 Å². The molecule has 1 N–H and O–H groups in total. The van der Waals surface area contributed by atoms with Crippen molar-refractivity contribution >= 4 is 0 Å². The Morgan fingerprint density at radius 3 is 2.88 bits per heavy atom. The number of piperidine rings is 2. The Morgan fingerprint density at radius 2 is 2.12 bits per heavy atom. The molecule has 2 saturated heterocycles. The maximum Gasteiger partial charge on any atom is 0.00926 e. The SMILES string of the molecule is CC[C@@H]1CCCCN1CC[C@@H]1CCCNC1. The molecule has 16 heavy (non-hydrogen) atoms.